The summed E-state index contributed by atoms with van der Waals surface area (Å²) in [5, 5.41) is 62.0. The molecule has 9 atom stereocenters. The summed E-state index contributed by atoms with van der Waals surface area (Å²) in [6.07, 6.45) is -13.0. The summed E-state index contributed by atoms with van der Waals surface area (Å²) in [6, 6.07) is -0.941. The molecule has 0 spiro atoms. The van der Waals surface area contributed by atoms with E-state index in [1.165, 1.54) is 6.92 Å². The Labute approximate surface area is 147 Å². The molecule has 12 heteroatoms. The number of ether oxygens (including phenoxy) is 3. The van der Waals surface area contributed by atoms with Crippen LogP contribution in [0.1, 0.15) is 13.3 Å². The molecule has 0 bridgehead atoms. The fourth-order valence-electron chi connectivity index (χ4n) is 2.91. The molecule has 0 aliphatic carbocycles. The van der Waals surface area contributed by atoms with E-state index >= 15 is 0 Å². The molecule has 0 aromatic heterocycles. The number of nitrogens with one attached hydrogen (secondary N) is 1. The van der Waals surface area contributed by atoms with Gasteiger partial charge in [-0.1, -0.05) is 0 Å². The largest absolute Gasteiger partial charge is 0.547 e. The van der Waals surface area contributed by atoms with Crippen molar-refractivity contribution in [2.75, 3.05) is 6.61 Å². The number of amides is 1. The van der Waals surface area contributed by atoms with Gasteiger partial charge in [-0.05, 0) is 0 Å². The quantitative estimate of drug-likeness (QED) is 0.266. The van der Waals surface area contributed by atoms with E-state index < -0.39 is 73.7 Å². The molecule has 2 fully saturated rings. The number of aliphatic hydroxyl groups is 5. The summed E-state index contributed by atoms with van der Waals surface area (Å²) in [7, 11) is 0. The van der Waals surface area contributed by atoms with Crippen molar-refractivity contribution in [1.82, 2.24) is 5.32 Å². The number of aliphatic carboxylic acids is 1. The molecular formula is C14H22NO11-. The molecule has 0 unspecified atom stereocenters. The Hall–Kier alpha value is -1.38. The van der Waals surface area contributed by atoms with E-state index in [9.17, 15) is 40.2 Å². The van der Waals surface area contributed by atoms with Crippen LogP contribution in [-0.2, 0) is 23.8 Å². The van der Waals surface area contributed by atoms with Gasteiger partial charge in [-0.25, -0.2) is 0 Å². The van der Waals surface area contributed by atoms with Gasteiger partial charge >= 0.3 is 0 Å². The molecule has 0 radical (unpaired) electrons. The number of hydrogen-bond donors (Lipinski definition) is 6. The Morgan fingerprint density at radius 1 is 1.19 bits per heavy atom. The zero-order chi connectivity index (χ0) is 19.6. The van der Waals surface area contributed by atoms with Crippen LogP contribution in [0, 0.1) is 0 Å². The first-order chi connectivity index (χ1) is 12.1. The number of carbonyl (C=O) groups is 2. The van der Waals surface area contributed by atoms with Crippen molar-refractivity contribution in [3.05, 3.63) is 0 Å². The van der Waals surface area contributed by atoms with Crippen molar-refractivity contribution in [2.24, 2.45) is 0 Å². The third-order valence-corrected chi connectivity index (χ3v) is 4.22. The van der Waals surface area contributed by atoms with E-state index in [0.29, 0.717) is 0 Å². The van der Waals surface area contributed by atoms with Crippen molar-refractivity contribution < 1.29 is 54.4 Å². The van der Waals surface area contributed by atoms with Crippen molar-refractivity contribution >= 4 is 11.9 Å². The van der Waals surface area contributed by atoms with Gasteiger partial charge in [-0.15, -0.1) is 0 Å². The third kappa shape index (κ3) is 4.47. The molecule has 2 aliphatic rings. The minimum atomic E-state index is -1.97. The van der Waals surface area contributed by atoms with Crippen molar-refractivity contribution in [3.8, 4) is 0 Å². The Morgan fingerprint density at radius 2 is 1.85 bits per heavy atom. The van der Waals surface area contributed by atoms with Gasteiger partial charge in [0.25, 0.3) is 0 Å². The fraction of sp³-hybridized carbons (Fsp3) is 0.857. The molecule has 0 aromatic rings. The first-order valence-corrected chi connectivity index (χ1v) is 7.93. The summed E-state index contributed by atoms with van der Waals surface area (Å²) in [5.41, 5.74) is 0. The predicted octanol–water partition coefficient (Wildman–Crippen LogP) is -5.47. The smallest absolute Gasteiger partial charge is 0.217 e. The topological polar surface area (TPSA) is 198 Å². The molecule has 2 rings (SSSR count). The second kappa shape index (κ2) is 8.54. The maximum absolute atomic E-state index is 11.3. The molecule has 26 heavy (non-hydrogen) atoms. The SMILES string of the molecule is CC(=O)N[C@@H]1C[C@H](O)[C@@H](CO)O[C@H]1O[C@H]1[C@H](O)[C@@H](O)[C@H](O)O[C@@H]1C(=O)[O-]. The summed E-state index contributed by atoms with van der Waals surface area (Å²) < 4.78 is 15.4. The summed E-state index contributed by atoms with van der Waals surface area (Å²) in [6.45, 7) is 0.618. The van der Waals surface area contributed by atoms with E-state index in [0.717, 1.165) is 0 Å². The number of carboxylic acids is 1. The van der Waals surface area contributed by atoms with Gasteiger partial charge < -0.3 is 55.0 Å². The molecule has 150 valence electrons. The lowest BCUT2D eigenvalue weighted by molar-refractivity contribution is -0.362. The number of carbonyl (C=O) groups excluding carboxylic acids is 2. The second-order valence-corrected chi connectivity index (χ2v) is 6.18. The Morgan fingerprint density at radius 3 is 2.38 bits per heavy atom. The lowest BCUT2D eigenvalue weighted by Gasteiger charge is -2.45. The summed E-state index contributed by atoms with van der Waals surface area (Å²) in [4.78, 5) is 22.6. The van der Waals surface area contributed by atoms with Crippen LogP contribution in [0.5, 0.6) is 0 Å². The van der Waals surface area contributed by atoms with Gasteiger partial charge in [-0.3, -0.25) is 4.79 Å². The highest BCUT2D eigenvalue weighted by molar-refractivity contribution is 5.73. The monoisotopic (exact) mass is 380 g/mol. The normalized spacial score (nSPS) is 43.7. The molecule has 2 saturated heterocycles. The lowest BCUT2D eigenvalue weighted by Crippen LogP contribution is -2.65. The Kier molecular flexibility index (Phi) is 6.87. The number of carboxylic acid groups (broad SMARTS) is 1. The Bertz CT molecular complexity index is 517. The highest BCUT2D eigenvalue weighted by atomic mass is 16.7. The van der Waals surface area contributed by atoms with E-state index in [-0.39, 0.29) is 6.42 Å². The number of hydrogen-bond acceptors (Lipinski definition) is 11. The highest BCUT2D eigenvalue weighted by Crippen LogP contribution is 2.28. The first-order valence-electron chi connectivity index (χ1n) is 7.93. The molecule has 1 amide bonds. The lowest BCUT2D eigenvalue weighted by atomic mass is 9.97. The molecule has 6 N–H and O–H groups in total. The number of aliphatic hydroxyl groups excluding tert-OH is 5. The van der Waals surface area contributed by atoms with Crippen LogP contribution in [0.3, 0.4) is 0 Å². The average Bonchev–Trinajstić information content (AvgIpc) is 2.56. The molecule has 0 aromatic carbocycles. The summed E-state index contributed by atoms with van der Waals surface area (Å²) in [5.74, 6) is -2.31. The zero-order valence-electron chi connectivity index (χ0n) is 13.8. The van der Waals surface area contributed by atoms with Gasteiger partial charge in [0, 0.05) is 13.3 Å². The van der Waals surface area contributed by atoms with E-state index in [1.54, 1.807) is 0 Å². The predicted molar refractivity (Wildman–Crippen MR) is 76.7 cm³/mol. The van der Waals surface area contributed by atoms with Crippen LogP contribution in [0.25, 0.3) is 0 Å². The second-order valence-electron chi connectivity index (χ2n) is 6.18. The van der Waals surface area contributed by atoms with Gasteiger partial charge in [0.2, 0.25) is 5.91 Å². The van der Waals surface area contributed by atoms with Crippen LogP contribution >= 0.6 is 0 Å². The third-order valence-electron chi connectivity index (χ3n) is 4.22. The van der Waals surface area contributed by atoms with Crippen LogP contribution in [-0.4, -0.2) is 99.3 Å². The van der Waals surface area contributed by atoms with Gasteiger partial charge in [0.05, 0.1) is 24.7 Å². The molecule has 12 nitrogen and oxygen atoms in total. The maximum atomic E-state index is 11.3. The highest BCUT2D eigenvalue weighted by Gasteiger charge is 2.48. The van der Waals surface area contributed by atoms with Crippen LogP contribution in [0.4, 0.5) is 0 Å². The maximum Gasteiger partial charge on any atom is 0.217 e. The molecule has 0 saturated carbocycles. The first kappa shape index (κ1) is 20.9. The molecule has 2 heterocycles. The van der Waals surface area contributed by atoms with E-state index in [1.807, 2.05) is 0 Å². The van der Waals surface area contributed by atoms with Crippen LogP contribution in [0.2, 0.25) is 0 Å². The minimum Gasteiger partial charge on any atom is -0.547 e. The van der Waals surface area contributed by atoms with Crippen molar-refractivity contribution in [3.63, 3.8) is 0 Å². The minimum absolute atomic E-state index is 0.0830. The van der Waals surface area contributed by atoms with Crippen LogP contribution < -0.4 is 10.4 Å². The van der Waals surface area contributed by atoms with E-state index in [2.05, 4.69) is 5.32 Å². The van der Waals surface area contributed by atoms with Gasteiger partial charge in [0.1, 0.15) is 30.5 Å². The molecule has 2 aliphatic heterocycles. The summed E-state index contributed by atoms with van der Waals surface area (Å²) >= 11 is 0. The van der Waals surface area contributed by atoms with Crippen LogP contribution in [0.15, 0.2) is 0 Å². The van der Waals surface area contributed by atoms with Crippen molar-refractivity contribution in [2.45, 2.75) is 68.6 Å². The Balaban J connectivity index is 2.21. The van der Waals surface area contributed by atoms with Gasteiger partial charge in [0.15, 0.2) is 12.6 Å². The average molecular weight is 380 g/mol. The standard InChI is InChI=1S/C14H23NO11/c1-4(17)15-5-2-6(18)7(3-16)24-14(5)26-10-8(19)9(20)13(23)25-11(10)12(21)22/h5-11,13-14,16,18-20,23H,2-3H2,1H3,(H,15,17)(H,21,22)/p-1/t5-,6+,7-,8-,9-,10+,11+,13-,14+/m1/s1. The number of rotatable bonds is 5. The van der Waals surface area contributed by atoms with E-state index in [4.69, 9.17) is 14.2 Å². The van der Waals surface area contributed by atoms with Crippen molar-refractivity contribution in [1.29, 1.82) is 0 Å². The fourth-order valence-corrected chi connectivity index (χ4v) is 2.91. The molecular weight excluding hydrogens is 358 g/mol. The van der Waals surface area contributed by atoms with Gasteiger partial charge in [-0.2, -0.15) is 0 Å². The zero-order valence-corrected chi connectivity index (χ0v) is 13.8.